The molecule has 2 rings (SSSR count). The van der Waals surface area contributed by atoms with Crippen LogP contribution in [0.25, 0.3) is 0 Å². The molecular weight excluding hydrogens is 306 g/mol. The van der Waals surface area contributed by atoms with Crippen LogP contribution in [0.3, 0.4) is 0 Å². The molecule has 2 aromatic rings. The highest BCUT2D eigenvalue weighted by atomic mass is 32.2. The van der Waals surface area contributed by atoms with Crippen molar-refractivity contribution in [1.29, 1.82) is 0 Å². The second-order valence-electron chi connectivity index (χ2n) is 6.03. The molecule has 124 valence electrons. The van der Waals surface area contributed by atoms with E-state index >= 15 is 0 Å². The molecule has 0 saturated heterocycles. The minimum atomic E-state index is -3.26. The Morgan fingerprint density at radius 3 is 1.91 bits per heavy atom. The second-order valence-corrected chi connectivity index (χ2v) is 8.07. The van der Waals surface area contributed by atoms with Crippen molar-refractivity contribution < 1.29 is 8.42 Å². The maximum atomic E-state index is 12.7. The van der Waals surface area contributed by atoms with Crippen LogP contribution in [0.2, 0.25) is 0 Å². The fourth-order valence-electron chi connectivity index (χ4n) is 2.59. The molecule has 0 N–H and O–H groups in total. The molecule has 4 heteroatoms. The number of hydrogen-bond acceptors (Lipinski definition) is 2. The van der Waals surface area contributed by atoms with E-state index in [0.29, 0.717) is 13.0 Å². The number of rotatable bonds is 8. The Morgan fingerprint density at radius 2 is 1.39 bits per heavy atom. The molecule has 23 heavy (non-hydrogen) atoms. The van der Waals surface area contributed by atoms with Crippen molar-refractivity contribution in [2.75, 3.05) is 5.75 Å². The molecular formula is C19H25NO2S. The van der Waals surface area contributed by atoms with Crippen LogP contribution in [-0.4, -0.2) is 24.5 Å². The van der Waals surface area contributed by atoms with Gasteiger partial charge in [0.05, 0.1) is 5.75 Å². The van der Waals surface area contributed by atoms with E-state index < -0.39 is 10.0 Å². The van der Waals surface area contributed by atoms with Crippen molar-refractivity contribution in [3.8, 4) is 0 Å². The highest BCUT2D eigenvalue weighted by molar-refractivity contribution is 7.89. The van der Waals surface area contributed by atoms with Gasteiger partial charge in [-0.15, -0.1) is 0 Å². The largest absolute Gasteiger partial charge is 0.214 e. The van der Waals surface area contributed by atoms with Crippen molar-refractivity contribution in [2.45, 2.75) is 39.3 Å². The van der Waals surface area contributed by atoms with Gasteiger partial charge in [0.25, 0.3) is 0 Å². The summed E-state index contributed by atoms with van der Waals surface area (Å²) < 4.78 is 27.0. The Bertz CT molecular complexity index is 682. The van der Waals surface area contributed by atoms with Gasteiger partial charge in [-0.3, -0.25) is 0 Å². The zero-order chi connectivity index (χ0) is 16.7. The average molecular weight is 331 g/mol. The summed E-state index contributed by atoms with van der Waals surface area (Å²) in [6, 6.07) is 19.7. The lowest BCUT2D eigenvalue weighted by atomic mass is 10.1. The van der Waals surface area contributed by atoms with Crippen molar-refractivity contribution in [3.05, 3.63) is 71.8 Å². The van der Waals surface area contributed by atoms with Crippen LogP contribution in [-0.2, 0) is 23.0 Å². The normalized spacial score (nSPS) is 12.0. The van der Waals surface area contributed by atoms with Gasteiger partial charge in [-0.1, -0.05) is 60.7 Å². The predicted molar refractivity (Wildman–Crippen MR) is 95.7 cm³/mol. The molecule has 0 aliphatic rings. The van der Waals surface area contributed by atoms with Crippen LogP contribution < -0.4 is 0 Å². The number of sulfonamides is 1. The standard InChI is InChI=1S/C19H25NO2S/c1-17(2)20(16-19-12-7-4-8-13-19)23(21,22)15-9-14-18-10-5-3-6-11-18/h3-8,10-13,17H,9,14-16H2,1-2H3. The van der Waals surface area contributed by atoms with Gasteiger partial charge in [0, 0.05) is 12.6 Å². The lowest BCUT2D eigenvalue weighted by molar-refractivity contribution is 0.347. The average Bonchev–Trinajstić information content (AvgIpc) is 2.54. The van der Waals surface area contributed by atoms with Gasteiger partial charge in [0.15, 0.2) is 0 Å². The molecule has 0 amide bonds. The van der Waals surface area contributed by atoms with Crippen LogP contribution in [0, 0.1) is 0 Å². The Labute approximate surface area is 140 Å². The molecule has 3 nitrogen and oxygen atoms in total. The van der Waals surface area contributed by atoms with Gasteiger partial charge in [-0.05, 0) is 37.8 Å². The first-order chi connectivity index (χ1) is 11.0. The van der Waals surface area contributed by atoms with Gasteiger partial charge in [-0.25, -0.2) is 8.42 Å². The predicted octanol–water partition coefficient (Wildman–Crippen LogP) is 3.86. The van der Waals surface area contributed by atoms with Crippen molar-refractivity contribution in [3.63, 3.8) is 0 Å². The molecule has 2 aromatic carbocycles. The number of nitrogens with zero attached hydrogens (tertiary/aromatic N) is 1. The van der Waals surface area contributed by atoms with E-state index in [1.165, 1.54) is 5.56 Å². The van der Waals surface area contributed by atoms with Gasteiger partial charge < -0.3 is 0 Å². The van der Waals surface area contributed by atoms with Crippen LogP contribution in [0.4, 0.5) is 0 Å². The Morgan fingerprint density at radius 1 is 0.870 bits per heavy atom. The number of benzene rings is 2. The van der Waals surface area contributed by atoms with E-state index in [1.807, 2.05) is 74.5 Å². The Kier molecular flexibility index (Phi) is 6.37. The van der Waals surface area contributed by atoms with Gasteiger partial charge >= 0.3 is 0 Å². The highest BCUT2D eigenvalue weighted by Gasteiger charge is 2.24. The molecule has 0 fully saturated rings. The second kappa shape index (κ2) is 8.27. The third kappa shape index (κ3) is 5.48. The zero-order valence-corrected chi connectivity index (χ0v) is 14.7. The Balaban J connectivity index is 1.99. The quantitative estimate of drug-likeness (QED) is 0.736. The summed E-state index contributed by atoms with van der Waals surface area (Å²) in [4.78, 5) is 0. The zero-order valence-electron chi connectivity index (χ0n) is 13.9. The highest BCUT2D eigenvalue weighted by Crippen LogP contribution is 2.15. The number of aryl methyl sites for hydroxylation is 1. The first-order valence-electron chi connectivity index (χ1n) is 8.06. The first kappa shape index (κ1) is 17.7. The SMILES string of the molecule is CC(C)N(Cc1ccccc1)S(=O)(=O)CCCc1ccccc1. The minimum Gasteiger partial charge on any atom is -0.212 e. The van der Waals surface area contributed by atoms with Crippen LogP contribution >= 0.6 is 0 Å². The van der Waals surface area contributed by atoms with E-state index in [1.54, 1.807) is 4.31 Å². The molecule has 0 radical (unpaired) electrons. The molecule has 0 unspecified atom stereocenters. The Hall–Kier alpha value is -1.65. The first-order valence-corrected chi connectivity index (χ1v) is 9.67. The maximum absolute atomic E-state index is 12.7. The lowest BCUT2D eigenvalue weighted by Gasteiger charge is -2.26. The summed E-state index contributed by atoms with van der Waals surface area (Å²) in [7, 11) is -3.26. The minimum absolute atomic E-state index is 0.0445. The molecule has 0 aliphatic carbocycles. The van der Waals surface area contributed by atoms with Crippen LogP contribution in [0.1, 0.15) is 31.4 Å². The molecule has 0 spiro atoms. The summed E-state index contributed by atoms with van der Waals surface area (Å²) in [6.07, 6.45) is 1.43. The molecule has 0 atom stereocenters. The molecule has 0 aromatic heterocycles. The van der Waals surface area contributed by atoms with Crippen LogP contribution in [0.5, 0.6) is 0 Å². The topological polar surface area (TPSA) is 37.4 Å². The lowest BCUT2D eigenvalue weighted by Crippen LogP contribution is -2.38. The monoisotopic (exact) mass is 331 g/mol. The van der Waals surface area contributed by atoms with E-state index in [-0.39, 0.29) is 11.8 Å². The fourth-order valence-corrected chi connectivity index (χ4v) is 4.32. The van der Waals surface area contributed by atoms with Gasteiger partial charge in [0.2, 0.25) is 10.0 Å². The van der Waals surface area contributed by atoms with Crippen molar-refractivity contribution >= 4 is 10.0 Å². The van der Waals surface area contributed by atoms with E-state index in [9.17, 15) is 8.42 Å². The third-order valence-electron chi connectivity index (χ3n) is 3.83. The fraction of sp³-hybridized carbons (Fsp3) is 0.368. The number of hydrogen-bond donors (Lipinski definition) is 0. The van der Waals surface area contributed by atoms with Crippen LogP contribution in [0.15, 0.2) is 60.7 Å². The smallest absolute Gasteiger partial charge is 0.212 e. The van der Waals surface area contributed by atoms with E-state index in [2.05, 4.69) is 0 Å². The molecule has 0 saturated carbocycles. The summed E-state index contributed by atoms with van der Waals surface area (Å²) in [6.45, 7) is 4.29. The third-order valence-corrected chi connectivity index (χ3v) is 5.89. The van der Waals surface area contributed by atoms with E-state index in [4.69, 9.17) is 0 Å². The molecule has 0 aliphatic heterocycles. The molecule has 0 heterocycles. The molecule has 0 bridgehead atoms. The van der Waals surface area contributed by atoms with E-state index in [0.717, 1.165) is 12.0 Å². The van der Waals surface area contributed by atoms with Crippen molar-refractivity contribution in [1.82, 2.24) is 4.31 Å². The summed E-state index contributed by atoms with van der Waals surface area (Å²) in [5, 5.41) is 0. The summed E-state index contributed by atoms with van der Waals surface area (Å²) in [5.41, 5.74) is 2.20. The maximum Gasteiger partial charge on any atom is 0.214 e. The summed E-state index contributed by atoms with van der Waals surface area (Å²) >= 11 is 0. The van der Waals surface area contributed by atoms with Gasteiger partial charge in [0.1, 0.15) is 0 Å². The van der Waals surface area contributed by atoms with Gasteiger partial charge in [-0.2, -0.15) is 4.31 Å². The summed E-state index contributed by atoms with van der Waals surface area (Å²) in [5.74, 6) is 0.187. The van der Waals surface area contributed by atoms with Crippen molar-refractivity contribution in [2.24, 2.45) is 0 Å².